The van der Waals surface area contributed by atoms with E-state index in [1.807, 2.05) is 6.07 Å². The van der Waals surface area contributed by atoms with E-state index in [4.69, 9.17) is 5.26 Å². The summed E-state index contributed by atoms with van der Waals surface area (Å²) in [4.78, 5) is 24.9. The van der Waals surface area contributed by atoms with Gasteiger partial charge >= 0.3 is 5.97 Å². The molecule has 0 saturated carbocycles. The van der Waals surface area contributed by atoms with Crippen LogP contribution in [-0.2, 0) is 9.53 Å². The van der Waals surface area contributed by atoms with Gasteiger partial charge in [0.15, 0.2) is 0 Å². The van der Waals surface area contributed by atoms with Crippen molar-refractivity contribution in [3.63, 3.8) is 0 Å². The van der Waals surface area contributed by atoms with Crippen LogP contribution in [0.3, 0.4) is 0 Å². The van der Waals surface area contributed by atoms with Gasteiger partial charge < -0.3 is 9.64 Å². The Hall–Kier alpha value is -2.35. The van der Waals surface area contributed by atoms with Gasteiger partial charge in [-0.15, -0.1) is 0 Å². The van der Waals surface area contributed by atoms with Crippen LogP contribution >= 0.6 is 0 Å². The van der Waals surface area contributed by atoms with Crippen LogP contribution in [0.4, 0.5) is 0 Å². The third-order valence-corrected chi connectivity index (χ3v) is 2.74. The first kappa shape index (κ1) is 14.7. The van der Waals surface area contributed by atoms with Gasteiger partial charge in [-0.2, -0.15) is 5.26 Å². The lowest BCUT2D eigenvalue weighted by Crippen LogP contribution is -2.34. The number of hydrogen-bond donors (Lipinski definition) is 0. The van der Waals surface area contributed by atoms with Crippen LogP contribution < -0.4 is 0 Å². The Labute approximate surface area is 112 Å². The molecule has 1 aromatic rings. The first-order chi connectivity index (χ1) is 8.99. The minimum atomic E-state index is -0.391. The number of ether oxygens (including phenoxy) is 1. The van der Waals surface area contributed by atoms with Gasteiger partial charge in [0.1, 0.15) is 0 Å². The van der Waals surface area contributed by atoms with Gasteiger partial charge in [0.2, 0.25) is 0 Å². The second-order valence-corrected chi connectivity index (χ2v) is 4.30. The summed E-state index contributed by atoms with van der Waals surface area (Å²) in [5.41, 5.74) is 0.860. The van der Waals surface area contributed by atoms with Gasteiger partial charge in [0.05, 0.1) is 24.7 Å². The number of nitriles is 1. The normalized spacial score (nSPS) is 11.3. The van der Waals surface area contributed by atoms with E-state index in [1.54, 1.807) is 32.2 Å². The van der Waals surface area contributed by atoms with Gasteiger partial charge in [-0.25, -0.2) is 0 Å². The number of carbonyl (C=O) groups is 2. The third-order valence-electron chi connectivity index (χ3n) is 2.74. The molecule has 0 radical (unpaired) electrons. The molecule has 0 bridgehead atoms. The molecular weight excluding hydrogens is 244 g/mol. The van der Waals surface area contributed by atoms with Crippen molar-refractivity contribution in [3.05, 3.63) is 35.4 Å². The molecule has 1 aromatic carbocycles. The van der Waals surface area contributed by atoms with Crippen LogP contribution in [-0.4, -0.2) is 37.5 Å². The molecule has 0 aliphatic rings. The summed E-state index contributed by atoms with van der Waals surface area (Å²) in [7, 11) is 2.93. The van der Waals surface area contributed by atoms with Gasteiger partial charge in [0.25, 0.3) is 5.91 Å². The van der Waals surface area contributed by atoms with E-state index in [2.05, 4.69) is 4.74 Å². The fraction of sp³-hybridized carbons (Fsp3) is 0.357. The quantitative estimate of drug-likeness (QED) is 0.768. The zero-order valence-electron chi connectivity index (χ0n) is 11.2. The average molecular weight is 260 g/mol. The van der Waals surface area contributed by atoms with E-state index in [0.717, 1.165) is 0 Å². The Kier molecular flexibility index (Phi) is 5.07. The highest BCUT2D eigenvalue weighted by Crippen LogP contribution is 2.09. The molecule has 1 amide bonds. The van der Waals surface area contributed by atoms with Crippen molar-refractivity contribution in [1.29, 1.82) is 5.26 Å². The van der Waals surface area contributed by atoms with Crippen molar-refractivity contribution in [2.45, 2.75) is 6.92 Å². The highest BCUT2D eigenvalue weighted by molar-refractivity contribution is 5.94. The lowest BCUT2D eigenvalue weighted by atomic mass is 10.1. The second-order valence-electron chi connectivity index (χ2n) is 4.30. The molecule has 1 unspecified atom stereocenters. The van der Waals surface area contributed by atoms with Crippen LogP contribution in [0.2, 0.25) is 0 Å². The Balaban J connectivity index is 2.77. The smallest absolute Gasteiger partial charge is 0.310 e. The van der Waals surface area contributed by atoms with Crippen molar-refractivity contribution in [1.82, 2.24) is 4.90 Å². The number of hydrogen-bond acceptors (Lipinski definition) is 4. The van der Waals surface area contributed by atoms with Crippen molar-refractivity contribution < 1.29 is 14.3 Å². The predicted molar refractivity (Wildman–Crippen MR) is 69.3 cm³/mol. The molecule has 0 saturated heterocycles. The van der Waals surface area contributed by atoms with E-state index in [-0.39, 0.29) is 18.4 Å². The molecular formula is C14H16N2O3. The number of esters is 1. The summed E-state index contributed by atoms with van der Waals surface area (Å²) in [6.07, 6.45) is 0. The lowest BCUT2D eigenvalue weighted by Gasteiger charge is -2.20. The van der Waals surface area contributed by atoms with Gasteiger partial charge in [-0.1, -0.05) is 13.0 Å². The Morgan fingerprint density at radius 1 is 1.47 bits per heavy atom. The van der Waals surface area contributed by atoms with Crippen molar-refractivity contribution in [2.24, 2.45) is 5.92 Å². The molecule has 0 aliphatic carbocycles. The molecule has 0 heterocycles. The van der Waals surface area contributed by atoms with E-state index < -0.39 is 5.92 Å². The first-order valence-electron chi connectivity index (χ1n) is 5.83. The van der Waals surface area contributed by atoms with Crippen LogP contribution in [0.25, 0.3) is 0 Å². The monoisotopic (exact) mass is 260 g/mol. The standard InChI is InChI=1S/C14H16N2O3/c1-10(14(18)19-3)9-16(2)13(17)12-6-4-5-11(7-12)8-15/h4-7,10H,9H2,1-3H3. The predicted octanol–water partition coefficient (Wildman–Crippen LogP) is 1.44. The number of amides is 1. The second kappa shape index (κ2) is 6.55. The van der Waals surface area contributed by atoms with Crippen LogP contribution in [0.1, 0.15) is 22.8 Å². The average Bonchev–Trinajstić information content (AvgIpc) is 2.45. The number of benzene rings is 1. The van der Waals surface area contributed by atoms with Crippen molar-refractivity contribution in [2.75, 3.05) is 20.7 Å². The van der Waals surface area contributed by atoms with E-state index >= 15 is 0 Å². The summed E-state index contributed by atoms with van der Waals surface area (Å²) in [6, 6.07) is 8.44. The van der Waals surface area contributed by atoms with Crippen LogP contribution in [0, 0.1) is 17.2 Å². The topological polar surface area (TPSA) is 70.4 Å². The Bertz CT molecular complexity index is 520. The molecule has 0 aromatic heterocycles. The van der Waals surface area contributed by atoms with E-state index in [0.29, 0.717) is 11.1 Å². The zero-order valence-corrected chi connectivity index (χ0v) is 11.2. The zero-order chi connectivity index (χ0) is 14.4. The molecule has 0 N–H and O–H groups in total. The summed E-state index contributed by atoms with van der Waals surface area (Å²) in [6.45, 7) is 1.96. The molecule has 100 valence electrons. The van der Waals surface area contributed by atoms with Gasteiger partial charge in [-0.05, 0) is 18.2 Å². The maximum atomic E-state index is 12.1. The maximum Gasteiger partial charge on any atom is 0.310 e. The maximum absolute atomic E-state index is 12.1. The minimum absolute atomic E-state index is 0.229. The van der Waals surface area contributed by atoms with Gasteiger partial charge in [0, 0.05) is 19.2 Å². The molecule has 5 nitrogen and oxygen atoms in total. The third kappa shape index (κ3) is 3.81. The molecule has 0 fully saturated rings. The van der Waals surface area contributed by atoms with E-state index in [9.17, 15) is 9.59 Å². The molecule has 0 aliphatic heterocycles. The Morgan fingerprint density at radius 3 is 2.74 bits per heavy atom. The molecule has 5 heteroatoms. The van der Waals surface area contributed by atoms with Crippen LogP contribution in [0.5, 0.6) is 0 Å². The summed E-state index contributed by atoms with van der Waals surface area (Å²) < 4.78 is 4.61. The molecule has 0 spiro atoms. The highest BCUT2D eigenvalue weighted by atomic mass is 16.5. The molecule has 1 atom stereocenters. The fourth-order valence-corrected chi connectivity index (χ4v) is 1.71. The fourth-order valence-electron chi connectivity index (χ4n) is 1.71. The van der Waals surface area contributed by atoms with Gasteiger partial charge in [-0.3, -0.25) is 9.59 Å². The Morgan fingerprint density at radius 2 is 2.16 bits per heavy atom. The lowest BCUT2D eigenvalue weighted by molar-refractivity contribution is -0.145. The molecule has 19 heavy (non-hydrogen) atoms. The number of methoxy groups -OCH3 is 1. The minimum Gasteiger partial charge on any atom is -0.469 e. The summed E-state index contributed by atoms with van der Waals surface area (Å²) in [5, 5.41) is 8.80. The van der Waals surface area contributed by atoms with Crippen molar-refractivity contribution >= 4 is 11.9 Å². The number of nitrogens with zero attached hydrogens (tertiary/aromatic N) is 2. The largest absolute Gasteiger partial charge is 0.469 e. The number of carbonyl (C=O) groups excluding carboxylic acids is 2. The van der Waals surface area contributed by atoms with E-state index in [1.165, 1.54) is 18.1 Å². The van der Waals surface area contributed by atoms with Crippen LogP contribution in [0.15, 0.2) is 24.3 Å². The molecule has 1 rings (SSSR count). The SMILES string of the molecule is COC(=O)C(C)CN(C)C(=O)c1cccc(C#N)c1. The van der Waals surface area contributed by atoms with Crippen molar-refractivity contribution in [3.8, 4) is 6.07 Å². The first-order valence-corrected chi connectivity index (χ1v) is 5.83. The summed E-state index contributed by atoms with van der Waals surface area (Å²) >= 11 is 0. The number of rotatable bonds is 4. The summed E-state index contributed by atoms with van der Waals surface area (Å²) in [5.74, 6) is -0.976. The highest BCUT2D eigenvalue weighted by Gasteiger charge is 2.19.